The predicted octanol–water partition coefficient (Wildman–Crippen LogP) is 2.80. The number of hydrogen-bond donors (Lipinski definition) is 2. The Kier molecular flexibility index (Phi) is 5.72. The highest BCUT2D eigenvalue weighted by Crippen LogP contribution is 2.23. The molecule has 1 atom stereocenters. The number of carbonyl (C=O) groups excluding carboxylic acids is 1. The van der Waals surface area contributed by atoms with Gasteiger partial charge in [0.1, 0.15) is 0 Å². The van der Waals surface area contributed by atoms with Gasteiger partial charge >= 0.3 is 0 Å². The van der Waals surface area contributed by atoms with Crippen molar-refractivity contribution in [3.05, 3.63) is 29.8 Å². The molecule has 0 radical (unpaired) electrons. The first-order chi connectivity index (χ1) is 9.42. The summed E-state index contributed by atoms with van der Waals surface area (Å²) in [5.41, 5.74) is 6.76. The number of amides is 1. The van der Waals surface area contributed by atoms with E-state index in [2.05, 4.69) is 11.4 Å². The summed E-state index contributed by atoms with van der Waals surface area (Å²) >= 11 is 0. The van der Waals surface area contributed by atoms with Crippen LogP contribution >= 0.6 is 0 Å². The van der Waals surface area contributed by atoms with Gasteiger partial charge in [-0.1, -0.05) is 25.5 Å². The van der Waals surface area contributed by atoms with Crippen molar-refractivity contribution in [2.75, 3.05) is 11.9 Å². The summed E-state index contributed by atoms with van der Waals surface area (Å²) in [6.07, 6.45) is 1.34. The molecule has 1 aromatic carbocycles. The molecule has 20 heavy (non-hydrogen) atoms. The fourth-order valence-corrected chi connectivity index (χ4v) is 1.90. The molecule has 0 heterocycles. The van der Waals surface area contributed by atoms with Crippen molar-refractivity contribution in [1.29, 1.82) is 5.26 Å². The van der Waals surface area contributed by atoms with E-state index < -0.39 is 5.41 Å². The molecular weight excluding hydrogens is 250 g/mol. The van der Waals surface area contributed by atoms with Gasteiger partial charge in [0.15, 0.2) is 0 Å². The fourth-order valence-electron chi connectivity index (χ4n) is 1.90. The van der Waals surface area contributed by atoms with Gasteiger partial charge in [0.05, 0.1) is 11.5 Å². The average Bonchev–Trinajstić information content (AvgIpc) is 2.45. The minimum Gasteiger partial charge on any atom is -0.330 e. The van der Waals surface area contributed by atoms with Crippen LogP contribution in [-0.2, 0) is 10.2 Å². The van der Waals surface area contributed by atoms with E-state index in [0.29, 0.717) is 13.0 Å². The molecule has 0 aliphatic rings. The maximum absolute atomic E-state index is 11.9. The second-order valence-corrected chi connectivity index (χ2v) is 5.58. The SMILES string of the molecule is CCC(CN)CC(=O)Nc1ccc(C(C)(C)C#N)cc1. The van der Waals surface area contributed by atoms with Crippen LogP contribution in [0.1, 0.15) is 39.2 Å². The Balaban J connectivity index is 2.67. The quantitative estimate of drug-likeness (QED) is 0.836. The van der Waals surface area contributed by atoms with Gasteiger partial charge in [-0.15, -0.1) is 0 Å². The zero-order valence-corrected chi connectivity index (χ0v) is 12.4. The lowest BCUT2D eigenvalue weighted by Crippen LogP contribution is -2.21. The summed E-state index contributed by atoms with van der Waals surface area (Å²) in [6, 6.07) is 9.66. The lowest BCUT2D eigenvalue weighted by molar-refractivity contribution is -0.117. The zero-order chi connectivity index (χ0) is 15.2. The molecule has 3 N–H and O–H groups in total. The van der Waals surface area contributed by atoms with Gasteiger partial charge in [0.2, 0.25) is 5.91 Å². The maximum atomic E-state index is 11.9. The van der Waals surface area contributed by atoms with Crippen molar-refractivity contribution in [3.63, 3.8) is 0 Å². The van der Waals surface area contributed by atoms with E-state index >= 15 is 0 Å². The van der Waals surface area contributed by atoms with Crippen LogP contribution in [0.15, 0.2) is 24.3 Å². The second kappa shape index (κ2) is 7.06. The molecule has 0 saturated carbocycles. The summed E-state index contributed by atoms with van der Waals surface area (Å²) in [4.78, 5) is 11.9. The summed E-state index contributed by atoms with van der Waals surface area (Å²) < 4.78 is 0. The number of nitrogens with zero attached hydrogens (tertiary/aromatic N) is 1. The molecule has 0 saturated heterocycles. The Labute approximate surface area is 121 Å². The normalized spacial score (nSPS) is 12.6. The van der Waals surface area contributed by atoms with Crippen LogP contribution in [0.25, 0.3) is 0 Å². The first-order valence-corrected chi connectivity index (χ1v) is 6.94. The molecule has 0 aliphatic carbocycles. The Morgan fingerprint density at radius 1 is 1.40 bits per heavy atom. The minimum atomic E-state index is -0.518. The third kappa shape index (κ3) is 4.36. The molecule has 4 nitrogen and oxygen atoms in total. The number of benzene rings is 1. The number of nitriles is 1. The van der Waals surface area contributed by atoms with Crippen LogP contribution in [0, 0.1) is 17.2 Å². The standard InChI is InChI=1S/C16H23N3O/c1-4-12(10-17)9-15(20)19-14-7-5-13(6-8-14)16(2,3)11-18/h5-8,12H,4,9-10,17H2,1-3H3,(H,19,20). The van der Waals surface area contributed by atoms with Crippen LogP contribution in [0.2, 0.25) is 0 Å². The lowest BCUT2D eigenvalue weighted by Gasteiger charge is -2.16. The van der Waals surface area contributed by atoms with E-state index in [1.807, 2.05) is 45.0 Å². The van der Waals surface area contributed by atoms with Gasteiger partial charge in [-0.3, -0.25) is 4.79 Å². The molecule has 1 aromatic rings. The summed E-state index contributed by atoms with van der Waals surface area (Å²) in [5.74, 6) is 0.210. The van der Waals surface area contributed by atoms with Gasteiger partial charge in [-0.05, 0) is 44.0 Å². The van der Waals surface area contributed by atoms with Gasteiger partial charge < -0.3 is 11.1 Å². The summed E-state index contributed by atoms with van der Waals surface area (Å²) in [7, 11) is 0. The molecule has 1 rings (SSSR count). The van der Waals surface area contributed by atoms with E-state index in [9.17, 15) is 4.79 Å². The van der Waals surface area contributed by atoms with Crippen molar-refractivity contribution in [3.8, 4) is 6.07 Å². The predicted molar refractivity (Wildman–Crippen MR) is 81.2 cm³/mol. The summed E-state index contributed by atoms with van der Waals surface area (Å²) in [5, 5.41) is 11.9. The van der Waals surface area contributed by atoms with Crippen LogP contribution in [0.3, 0.4) is 0 Å². The van der Waals surface area contributed by atoms with Gasteiger partial charge in [0.25, 0.3) is 0 Å². The first-order valence-electron chi connectivity index (χ1n) is 6.94. The topological polar surface area (TPSA) is 78.9 Å². The van der Waals surface area contributed by atoms with Gasteiger partial charge in [0, 0.05) is 12.1 Å². The number of nitrogens with two attached hydrogens (primary N) is 1. The minimum absolute atomic E-state index is 0.0189. The maximum Gasteiger partial charge on any atom is 0.224 e. The van der Waals surface area contributed by atoms with Crippen molar-refractivity contribution < 1.29 is 4.79 Å². The number of hydrogen-bond acceptors (Lipinski definition) is 3. The van der Waals surface area contributed by atoms with E-state index in [1.165, 1.54) is 0 Å². The van der Waals surface area contributed by atoms with Crippen LogP contribution in [-0.4, -0.2) is 12.5 Å². The number of anilines is 1. The third-order valence-electron chi connectivity index (χ3n) is 3.55. The number of nitrogens with one attached hydrogen (secondary N) is 1. The number of rotatable bonds is 6. The molecule has 4 heteroatoms. The first kappa shape index (κ1) is 16.2. The zero-order valence-electron chi connectivity index (χ0n) is 12.4. The molecule has 0 spiro atoms. The lowest BCUT2D eigenvalue weighted by atomic mass is 9.86. The van der Waals surface area contributed by atoms with Crippen molar-refractivity contribution in [1.82, 2.24) is 0 Å². The fraction of sp³-hybridized carbons (Fsp3) is 0.500. The monoisotopic (exact) mass is 273 g/mol. The highest BCUT2D eigenvalue weighted by molar-refractivity contribution is 5.90. The molecule has 0 aromatic heterocycles. The molecule has 1 amide bonds. The van der Waals surface area contributed by atoms with E-state index in [-0.39, 0.29) is 11.8 Å². The third-order valence-corrected chi connectivity index (χ3v) is 3.55. The molecule has 1 unspecified atom stereocenters. The smallest absolute Gasteiger partial charge is 0.224 e. The molecule has 0 fully saturated rings. The van der Waals surface area contributed by atoms with E-state index in [0.717, 1.165) is 17.7 Å². The van der Waals surface area contributed by atoms with Gasteiger partial charge in [-0.25, -0.2) is 0 Å². The summed E-state index contributed by atoms with van der Waals surface area (Å²) in [6.45, 7) is 6.30. The van der Waals surface area contributed by atoms with Crippen LogP contribution < -0.4 is 11.1 Å². The molecular formula is C16H23N3O. The highest BCUT2D eigenvalue weighted by atomic mass is 16.1. The van der Waals surface area contributed by atoms with E-state index in [1.54, 1.807) is 0 Å². The Morgan fingerprint density at radius 2 is 2.00 bits per heavy atom. The Morgan fingerprint density at radius 3 is 2.45 bits per heavy atom. The van der Waals surface area contributed by atoms with Gasteiger partial charge in [-0.2, -0.15) is 5.26 Å². The Hall–Kier alpha value is -1.86. The number of carbonyl (C=O) groups is 1. The van der Waals surface area contributed by atoms with Crippen LogP contribution in [0.4, 0.5) is 5.69 Å². The molecule has 0 aliphatic heterocycles. The van der Waals surface area contributed by atoms with Crippen molar-refractivity contribution in [2.45, 2.75) is 39.0 Å². The average molecular weight is 273 g/mol. The second-order valence-electron chi connectivity index (χ2n) is 5.58. The highest BCUT2D eigenvalue weighted by Gasteiger charge is 2.19. The molecule has 108 valence electrons. The molecule has 0 bridgehead atoms. The van der Waals surface area contributed by atoms with E-state index in [4.69, 9.17) is 11.0 Å². The Bertz CT molecular complexity index is 481. The van der Waals surface area contributed by atoms with Crippen molar-refractivity contribution in [2.24, 2.45) is 11.7 Å². The van der Waals surface area contributed by atoms with Crippen molar-refractivity contribution >= 4 is 11.6 Å². The van der Waals surface area contributed by atoms with Crippen LogP contribution in [0.5, 0.6) is 0 Å². The largest absolute Gasteiger partial charge is 0.330 e.